The molecule has 0 radical (unpaired) electrons. The van der Waals surface area contributed by atoms with Crippen molar-refractivity contribution in [2.45, 2.75) is 0 Å². The number of aromatic nitrogens is 3. The van der Waals surface area contributed by atoms with Gasteiger partial charge in [-0.05, 0) is 24.3 Å². The van der Waals surface area contributed by atoms with Crippen molar-refractivity contribution < 1.29 is 9.21 Å². The van der Waals surface area contributed by atoms with Crippen molar-refractivity contribution in [3.05, 3.63) is 67.0 Å². The van der Waals surface area contributed by atoms with Gasteiger partial charge in [-0.15, -0.1) is 0 Å². The van der Waals surface area contributed by atoms with E-state index in [1.54, 1.807) is 23.2 Å². The molecule has 4 heterocycles. The molecule has 8 heteroatoms. The first kappa shape index (κ1) is 17.3. The summed E-state index contributed by atoms with van der Waals surface area (Å²) < 4.78 is 7.27. The molecule has 146 valence electrons. The lowest BCUT2D eigenvalue weighted by Crippen LogP contribution is -2.49. The lowest BCUT2D eigenvalue weighted by Gasteiger charge is -2.35. The highest BCUT2D eigenvalue weighted by Gasteiger charge is 2.25. The summed E-state index contributed by atoms with van der Waals surface area (Å²) in [4.78, 5) is 25.6. The van der Waals surface area contributed by atoms with E-state index in [2.05, 4.69) is 14.9 Å². The molecular weight excluding hydrogens is 368 g/mol. The molecule has 29 heavy (non-hydrogen) atoms. The number of nitrogens with zero attached hydrogens (tertiary/aromatic N) is 5. The first-order valence-corrected chi connectivity index (χ1v) is 9.46. The van der Waals surface area contributed by atoms with Gasteiger partial charge in [0.05, 0.1) is 18.2 Å². The van der Waals surface area contributed by atoms with Crippen LogP contribution >= 0.6 is 0 Å². The summed E-state index contributed by atoms with van der Waals surface area (Å²) in [6.45, 7) is 2.58. The third kappa shape index (κ3) is 3.08. The molecule has 0 spiro atoms. The number of amides is 1. The summed E-state index contributed by atoms with van der Waals surface area (Å²) in [6.07, 6.45) is 7.06. The SMILES string of the molecule is Nc1ccc(-c2cnc3c(N4CCN(C(=O)c5ccco5)CC4)nccn23)cc1. The third-order valence-corrected chi connectivity index (χ3v) is 5.21. The number of piperazine rings is 1. The van der Waals surface area contributed by atoms with Crippen LogP contribution in [-0.2, 0) is 0 Å². The first-order chi connectivity index (χ1) is 14.2. The van der Waals surface area contributed by atoms with Gasteiger partial charge in [0, 0.05) is 49.8 Å². The van der Waals surface area contributed by atoms with Gasteiger partial charge in [0.25, 0.3) is 5.91 Å². The fourth-order valence-electron chi connectivity index (χ4n) is 3.67. The number of rotatable bonds is 3. The molecule has 1 amide bonds. The average Bonchev–Trinajstić information content (AvgIpc) is 3.44. The van der Waals surface area contributed by atoms with E-state index in [1.807, 2.05) is 41.1 Å². The molecule has 5 rings (SSSR count). The number of furan rings is 1. The van der Waals surface area contributed by atoms with E-state index in [9.17, 15) is 4.79 Å². The largest absolute Gasteiger partial charge is 0.459 e. The van der Waals surface area contributed by atoms with Crippen molar-refractivity contribution in [1.29, 1.82) is 0 Å². The molecular formula is C21H20N6O2. The summed E-state index contributed by atoms with van der Waals surface area (Å²) in [6, 6.07) is 11.2. The molecule has 2 N–H and O–H groups in total. The molecule has 1 saturated heterocycles. The number of hydrogen-bond donors (Lipinski definition) is 1. The Hall–Kier alpha value is -3.81. The molecule has 1 aliphatic rings. The van der Waals surface area contributed by atoms with Crippen LogP contribution < -0.4 is 10.6 Å². The van der Waals surface area contributed by atoms with Gasteiger partial charge in [-0.3, -0.25) is 9.20 Å². The summed E-state index contributed by atoms with van der Waals surface area (Å²) in [7, 11) is 0. The topological polar surface area (TPSA) is 92.9 Å². The Kier molecular flexibility index (Phi) is 4.16. The van der Waals surface area contributed by atoms with Crippen LogP contribution in [0.2, 0.25) is 0 Å². The zero-order valence-electron chi connectivity index (χ0n) is 15.7. The maximum atomic E-state index is 12.5. The van der Waals surface area contributed by atoms with Crippen LogP contribution in [-0.4, -0.2) is 51.4 Å². The zero-order chi connectivity index (χ0) is 19.8. The molecule has 1 fully saturated rings. The molecule has 0 unspecified atom stereocenters. The number of fused-ring (bicyclic) bond motifs is 1. The standard InChI is InChI=1S/C21H20N6O2/c22-16-5-3-15(4-6-16)17-14-24-20-19(23-7-8-27(17)20)25-9-11-26(12-10-25)21(28)18-2-1-13-29-18/h1-8,13-14H,9-12,22H2. The number of hydrogen-bond acceptors (Lipinski definition) is 6. The molecule has 8 nitrogen and oxygen atoms in total. The minimum Gasteiger partial charge on any atom is -0.459 e. The molecule has 4 aromatic rings. The second kappa shape index (κ2) is 6.97. The van der Waals surface area contributed by atoms with Gasteiger partial charge in [-0.25, -0.2) is 9.97 Å². The molecule has 1 aliphatic heterocycles. The third-order valence-electron chi connectivity index (χ3n) is 5.21. The molecule has 3 aromatic heterocycles. The molecule has 0 atom stereocenters. The van der Waals surface area contributed by atoms with Crippen molar-refractivity contribution in [2.75, 3.05) is 36.8 Å². The minimum absolute atomic E-state index is 0.0766. The number of nitrogens with two attached hydrogens (primary N) is 1. The van der Waals surface area contributed by atoms with Crippen molar-refractivity contribution in [3.8, 4) is 11.3 Å². The lowest BCUT2D eigenvalue weighted by atomic mass is 10.1. The fraction of sp³-hybridized carbons (Fsp3) is 0.190. The maximum Gasteiger partial charge on any atom is 0.289 e. The molecule has 1 aromatic carbocycles. The lowest BCUT2D eigenvalue weighted by molar-refractivity contribution is 0.0714. The second-order valence-electron chi connectivity index (χ2n) is 6.97. The van der Waals surface area contributed by atoms with Crippen LogP contribution in [0.4, 0.5) is 11.5 Å². The summed E-state index contributed by atoms with van der Waals surface area (Å²) in [5, 5.41) is 0. The van der Waals surface area contributed by atoms with Crippen LogP contribution in [0.1, 0.15) is 10.6 Å². The molecule has 0 bridgehead atoms. The van der Waals surface area contributed by atoms with E-state index in [-0.39, 0.29) is 5.91 Å². The zero-order valence-corrected chi connectivity index (χ0v) is 15.7. The van der Waals surface area contributed by atoms with Crippen LogP contribution in [0.3, 0.4) is 0 Å². The number of benzene rings is 1. The average molecular weight is 388 g/mol. The van der Waals surface area contributed by atoms with Crippen LogP contribution in [0.25, 0.3) is 16.9 Å². The van der Waals surface area contributed by atoms with Crippen LogP contribution in [0.15, 0.2) is 65.7 Å². The quantitative estimate of drug-likeness (QED) is 0.542. The van der Waals surface area contributed by atoms with Gasteiger partial charge in [0.1, 0.15) is 0 Å². The van der Waals surface area contributed by atoms with Gasteiger partial charge < -0.3 is 20.0 Å². The van der Waals surface area contributed by atoms with E-state index in [1.165, 1.54) is 6.26 Å². The van der Waals surface area contributed by atoms with Crippen molar-refractivity contribution in [2.24, 2.45) is 0 Å². The van der Waals surface area contributed by atoms with E-state index in [4.69, 9.17) is 10.2 Å². The van der Waals surface area contributed by atoms with E-state index >= 15 is 0 Å². The Morgan fingerprint density at radius 3 is 2.55 bits per heavy atom. The monoisotopic (exact) mass is 388 g/mol. The highest BCUT2D eigenvalue weighted by atomic mass is 16.3. The summed E-state index contributed by atoms with van der Waals surface area (Å²) >= 11 is 0. The normalized spacial score (nSPS) is 14.5. The number of imidazole rings is 1. The van der Waals surface area contributed by atoms with Gasteiger partial charge in [0.2, 0.25) is 0 Å². The van der Waals surface area contributed by atoms with Gasteiger partial charge in [-0.1, -0.05) is 12.1 Å². The van der Waals surface area contributed by atoms with Crippen molar-refractivity contribution in [1.82, 2.24) is 19.3 Å². The predicted molar refractivity (Wildman–Crippen MR) is 110 cm³/mol. The van der Waals surface area contributed by atoms with Gasteiger partial charge >= 0.3 is 0 Å². The summed E-state index contributed by atoms with van der Waals surface area (Å²) in [5.74, 6) is 1.12. The summed E-state index contributed by atoms with van der Waals surface area (Å²) in [5.41, 5.74) is 9.35. The Morgan fingerprint density at radius 2 is 1.83 bits per heavy atom. The van der Waals surface area contributed by atoms with Gasteiger partial charge in [-0.2, -0.15) is 0 Å². The highest BCUT2D eigenvalue weighted by Crippen LogP contribution is 2.26. The van der Waals surface area contributed by atoms with Crippen molar-refractivity contribution in [3.63, 3.8) is 0 Å². The number of carbonyl (C=O) groups is 1. The molecule has 0 saturated carbocycles. The predicted octanol–water partition coefficient (Wildman–Crippen LogP) is 2.53. The van der Waals surface area contributed by atoms with E-state index in [0.29, 0.717) is 31.9 Å². The maximum absolute atomic E-state index is 12.5. The van der Waals surface area contributed by atoms with Crippen LogP contribution in [0, 0.1) is 0 Å². The second-order valence-corrected chi connectivity index (χ2v) is 6.97. The van der Waals surface area contributed by atoms with E-state index < -0.39 is 0 Å². The number of carbonyl (C=O) groups excluding carboxylic acids is 1. The van der Waals surface area contributed by atoms with E-state index in [0.717, 1.165) is 28.4 Å². The first-order valence-electron chi connectivity index (χ1n) is 9.46. The minimum atomic E-state index is -0.0766. The van der Waals surface area contributed by atoms with Crippen LogP contribution in [0.5, 0.6) is 0 Å². The van der Waals surface area contributed by atoms with Crippen molar-refractivity contribution >= 4 is 23.1 Å². The number of nitrogen functional groups attached to an aromatic ring is 1. The Balaban J connectivity index is 1.39. The molecule has 0 aliphatic carbocycles. The Bertz CT molecular complexity index is 1140. The Labute approximate surface area is 167 Å². The number of anilines is 2. The highest BCUT2D eigenvalue weighted by molar-refractivity contribution is 5.91. The van der Waals surface area contributed by atoms with Gasteiger partial charge in [0.15, 0.2) is 17.2 Å². The fourth-order valence-corrected chi connectivity index (χ4v) is 3.67. The Morgan fingerprint density at radius 1 is 1.03 bits per heavy atom. The smallest absolute Gasteiger partial charge is 0.289 e.